The first kappa shape index (κ1) is 18.8. The molecule has 8 nitrogen and oxygen atoms in total. The van der Waals surface area contributed by atoms with Crippen LogP contribution in [0, 0.1) is 0 Å². The zero-order valence-corrected chi connectivity index (χ0v) is 14.8. The van der Waals surface area contributed by atoms with Crippen LogP contribution in [0.3, 0.4) is 0 Å². The van der Waals surface area contributed by atoms with Gasteiger partial charge in [0.15, 0.2) is 24.8 Å². The number of fused-ring (bicyclic) bond motifs is 1. The molecule has 2 aliphatic heterocycles. The highest BCUT2D eigenvalue weighted by atomic mass is 16.8. The summed E-state index contributed by atoms with van der Waals surface area (Å²) in [5.41, 5.74) is 0.824. The third-order valence-corrected chi connectivity index (χ3v) is 4.19. The van der Waals surface area contributed by atoms with Crippen molar-refractivity contribution in [2.75, 3.05) is 13.7 Å². The fourth-order valence-electron chi connectivity index (χ4n) is 3.16. The van der Waals surface area contributed by atoms with E-state index in [9.17, 15) is 9.59 Å². The standard InChI is InChI=1S/C18H22O8/c1-10(19)23-15-14-13(25-18(21-3)16(15)24-11(2)20)9-22-17(26-14)12-7-5-4-6-8-12/h4-8,13-18H,9H2,1-3H3/t13?,14-,15?,16?,17?,18+/m1/s1. The minimum absolute atomic E-state index is 0.217. The van der Waals surface area contributed by atoms with Crippen LogP contribution in [0.2, 0.25) is 0 Å². The Morgan fingerprint density at radius 2 is 1.65 bits per heavy atom. The van der Waals surface area contributed by atoms with Gasteiger partial charge in [0, 0.05) is 26.5 Å². The zero-order valence-electron chi connectivity index (χ0n) is 14.8. The van der Waals surface area contributed by atoms with E-state index in [1.807, 2.05) is 30.3 Å². The first-order chi connectivity index (χ1) is 12.5. The summed E-state index contributed by atoms with van der Waals surface area (Å²) < 4.78 is 33.6. The molecule has 0 aromatic heterocycles. The molecule has 0 N–H and O–H groups in total. The number of esters is 2. The molecular formula is C18H22O8. The van der Waals surface area contributed by atoms with Crippen molar-refractivity contribution in [3.05, 3.63) is 35.9 Å². The maximum atomic E-state index is 11.6. The van der Waals surface area contributed by atoms with Crippen molar-refractivity contribution < 1.29 is 38.0 Å². The molecule has 2 fully saturated rings. The van der Waals surface area contributed by atoms with Crippen LogP contribution in [-0.4, -0.2) is 56.4 Å². The molecule has 142 valence electrons. The lowest BCUT2D eigenvalue weighted by molar-refractivity contribution is -0.359. The lowest BCUT2D eigenvalue weighted by Crippen LogP contribution is -2.64. The topological polar surface area (TPSA) is 89.5 Å². The summed E-state index contributed by atoms with van der Waals surface area (Å²) in [7, 11) is 1.42. The van der Waals surface area contributed by atoms with Crippen molar-refractivity contribution >= 4 is 11.9 Å². The van der Waals surface area contributed by atoms with Gasteiger partial charge >= 0.3 is 11.9 Å². The van der Waals surface area contributed by atoms with Crippen molar-refractivity contribution in [1.29, 1.82) is 0 Å². The second kappa shape index (κ2) is 8.13. The van der Waals surface area contributed by atoms with Gasteiger partial charge in [-0.1, -0.05) is 30.3 Å². The quantitative estimate of drug-likeness (QED) is 0.738. The summed E-state index contributed by atoms with van der Waals surface area (Å²) in [5.74, 6) is -1.06. The summed E-state index contributed by atoms with van der Waals surface area (Å²) in [5, 5.41) is 0. The van der Waals surface area contributed by atoms with Crippen LogP contribution < -0.4 is 0 Å². The Labute approximate surface area is 151 Å². The van der Waals surface area contributed by atoms with Gasteiger partial charge in [0.2, 0.25) is 0 Å². The van der Waals surface area contributed by atoms with E-state index < -0.39 is 48.9 Å². The van der Waals surface area contributed by atoms with Crippen LogP contribution in [-0.2, 0) is 38.0 Å². The number of methoxy groups -OCH3 is 1. The molecule has 1 aromatic carbocycles. The molecule has 2 heterocycles. The van der Waals surface area contributed by atoms with Crippen LogP contribution >= 0.6 is 0 Å². The van der Waals surface area contributed by atoms with Crippen molar-refractivity contribution in [1.82, 2.24) is 0 Å². The number of hydrogen-bond donors (Lipinski definition) is 0. The Hall–Kier alpha value is -2.00. The fraction of sp³-hybridized carbons (Fsp3) is 0.556. The number of carbonyl (C=O) groups excluding carboxylic acids is 2. The third-order valence-electron chi connectivity index (χ3n) is 4.19. The molecule has 2 aliphatic rings. The van der Waals surface area contributed by atoms with E-state index in [-0.39, 0.29) is 6.61 Å². The maximum Gasteiger partial charge on any atom is 0.303 e. The number of hydrogen-bond acceptors (Lipinski definition) is 8. The van der Waals surface area contributed by atoms with Crippen molar-refractivity contribution in [3.8, 4) is 0 Å². The molecule has 0 spiro atoms. The van der Waals surface area contributed by atoms with E-state index in [0.717, 1.165) is 5.56 Å². The molecule has 8 heteroatoms. The highest BCUT2D eigenvalue weighted by Gasteiger charge is 2.53. The summed E-state index contributed by atoms with van der Waals surface area (Å²) in [6.07, 6.45) is -4.57. The van der Waals surface area contributed by atoms with Gasteiger partial charge in [0.05, 0.1) is 6.61 Å². The van der Waals surface area contributed by atoms with Gasteiger partial charge in [-0.05, 0) is 0 Å². The molecule has 1 aromatic rings. The van der Waals surface area contributed by atoms with E-state index >= 15 is 0 Å². The first-order valence-electron chi connectivity index (χ1n) is 8.34. The number of rotatable bonds is 4. The van der Waals surface area contributed by atoms with Gasteiger partial charge in [0.1, 0.15) is 12.2 Å². The predicted octanol–water partition coefficient (Wildman–Crippen LogP) is 1.34. The molecule has 0 saturated carbocycles. The molecule has 0 aliphatic carbocycles. The molecule has 0 bridgehead atoms. The Bertz CT molecular complexity index is 633. The van der Waals surface area contributed by atoms with E-state index in [0.29, 0.717) is 0 Å². The summed E-state index contributed by atoms with van der Waals surface area (Å²) in [6, 6.07) is 9.38. The molecule has 3 rings (SSSR count). The first-order valence-corrected chi connectivity index (χ1v) is 8.34. The minimum Gasteiger partial charge on any atom is -0.455 e. The molecule has 26 heavy (non-hydrogen) atoms. The lowest BCUT2D eigenvalue weighted by atomic mass is 9.97. The van der Waals surface area contributed by atoms with Gasteiger partial charge in [-0.3, -0.25) is 9.59 Å². The summed E-state index contributed by atoms with van der Waals surface area (Å²) >= 11 is 0. The van der Waals surface area contributed by atoms with Crippen LogP contribution in [0.1, 0.15) is 25.7 Å². The molecule has 0 amide bonds. The predicted molar refractivity (Wildman–Crippen MR) is 86.8 cm³/mol. The van der Waals surface area contributed by atoms with Gasteiger partial charge in [-0.2, -0.15) is 0 Å². The van der Waals surface area contributed by atoms with Gasteiger partial charge in [-0.15, -0.1) is 0 Å². The van der Waals surface area contributed by atoms with Gasteiger partial charge < -0.3 is 28.4 Å². The highest BCUT2D eigenvalue weighted by molar-refractivity contribution is 5.67. The van der Waals surface area contributed by atoms with Crippen molar-refractivity contribution in [2.45, 2.75) is 50.8 Å². The van der Waals surface area contributed by atoms with Crippen molar-refractivity contribution in [2.24, 2.45) is 0 Å². The monoisotopic (exact) mass is 366 g/mol. The van der Waals surface area contributed by atoms with Crippen LogP contribution in [0.4, 0.5) is 0 Å². The molecule has 0 radical (unpaired) electrons. The SMILES string of the molecule is CO[C@H]1OC2COC(c3ccccc3)O[C@H]2C(OC(C)=O)C1OC(C)=O. The summed E-state index contributed by atoms with van der Waals surface area (Å²) in [4.78, 5) is 23.1. The fourth-order valence-corrected chi connectivity index (χ4v) is 3.16. The molecular weight excluding hydrogens is 344 g/mol. The van der Waals surface area contributed by atoms with Crippen LogP contribution in [0.5, 0.6) is 0 Å². The van der Waals surface area contributed by atoms with Gasteiger partial charge in [-0.25, -0.2) is 0 Å². The van der Waals surface area contributed by atoms with E-state index in [2.05, 4.69) is 0 Å². The van der Waals surface area contributed by atoms with Crippen molar-refractivity contribution in [3.63, 3.8) is 0 Å². The largest absolute Gasteiger partial charge is 0.455 e. The highest BCUT2D eigenvalue weighted by Crippen LogP contribution is 2.36. The Morgan fingerprint density at radius 1 is 1.00 bits per heavy atom. The van der Waals surface area contributed by atoms with E-state index in [1.165, 1.54) is 21.0 Å². The molecule has 6 atom stereocenters. The average Bonchev–Trinajstić information content (AvgIpc) is 2.63. The second-order valence-electron chi connectivity index (χ2n) is 6.10. The van der Waals surface area contributed by atoms with E-state index in [1.54, 1.807) is 0 Å². The Balaban J connectivity index is 1.86. The maximum absolute atomic E-state index is 11.6. The van der Waals surface area contributed by atoms with Crippen LogP contribution in [0.15, 0.2) is 30.3 Å². The second-order valence-corrected chi connectivity index (χ2v) is 6.10. The Kier molecular flexibility index (Phi) is 5.87. The third kappa shape index (κ3) is 4.04. The number of benzene rings is 1. The average molecular weight is 366 g/mol. The van der Waals surface area contributed by atoms with Gasteiger partial charge in [0.25, 0.3) is 0 Å². The Morgan fingerprint density at radius 3 is 2.27 bits per heavy atom. The summed E-state index contributed by atoms with van der Waals surface area (Å²) in [6.45, 7) is 2.76. The van der Waals surface area contributed by atoms with Crippen LogP contribution in [0.25, 0.3) is 0 Å². The normalized spacial score (nSPS) is 33.8. The van der Waals surface area contributed by atoms with E-state index in [4.69, 9.17) is 28.4 Å². The zero-order chi connectivity index (χ0) is 18.7. The minimum atomic E-state index is -0.947. The number of carbonyl (C=O) groups is 2. The lowest BCUT2D eigenvalue weighted by Gasteiger charge is -2.47. The smallest absolute Gasteiger partial charge is 0.303 e. The number of ether oxygens (including phenoxy) is 6. The molecule has 2 saturated heterocycles. The molecule has 4 unspecified atom stereocenters.